The van der Waals surface area contributed by atoms with Crippen LogP contribution in [0.5, 0.6) is 0 Å². The molecule has 0 spiro atoms. The van der Waals surface area contributed by atoms with Gasteiger partial charge in [0, 0.05) is 17.8 Å². The zero-order chi connectivity index (χ0) is 11.7. The zero-order valence-corrected chi connectivity index (χ0v) is 9.49. The topological polar surface area (TPSA) is 12.0 Å². The third-order valence-electron chi connectivity index (χ3n) is 3.24. The van der Waals surface area contributed by atoms with Crippen molar-refractivity contribution in [1.29, 1.82) is 0 Å². The average Bonchev–Trinajstić information content (AvgIpc) is 2.87. The highest BCUT2D eigenvalue weighted by Crippen LogP contribution is 2.35. The van der Waals surface area contributed by atoms with Crippen LogP contribution in [0, 0.1) is 0 Å². The van der Waals surface area contributed by atoms with Gasteiger partial charge in [-0.15, -0.1) is 0 Å². The molecule has 1 unspecified atom stereocenters. The van der Waals surface area contributed by atoms with E-state index in [0.717, 1.165) is 29.8 Å². The second-order valence-corrected chi connectivity index (χ2v) is 4.33. The van der Waals surface area contributed by atoms with Crippen molar-refractivity contribution in [3.05, 3.63) is 65.2 Å². The molecule has 86 valence electrons. The molecule has 0 fully saturated rings. The van der Waals surface area contributed by atoms with Gasteiger partial charge in [0.1, 0.15) is 0 Å². The molecule has 0 aromatic heterocycles. The highest BCUT2D eigenvalue weighted by Gasteiger charge is 2.20. The van der Waals surface area contributed by atoms with Gasteiger partial charge in [0.2, 0.25) is 0 Å². The SMILES string of the molecule is FC(c1ccccc1)c1cccc2c1NCC2. The summed E-state index contributed by atoms with van der Waals surface area (Å²) in [6.07, 6.45) is -0.0539. The molecule has 2 heteroatoms. The van der Waals surface area contributed by atoms with Crippen molar-refractivity contribution in [2.45, 2.75) is 12.6 Å². The fourth-order valence-corrected chi connectivity index (χ4v) is 2.38. The molecule has 0 aliphatic carbocycles. The van der Waals surface area contributed by atoms with Crippen molar-refractivity contribution in [3.8, 4) is 0 Å². The Hall–Kier alpha value is -1.83. The lowest BCUT2D eigenvalue weighted by molar-refractivity contribution is 0.403. The largest absolute Gasteiger partial charge is 0.384 e. The van der Waals surface area contributed by atoms with Crippen LogP contribution in [0.4, 0.5) is 10.1 Å². The van der Waals surface area contributed by atoms with Crippen LogP contribution < -0.4 is 5.32 Å². The van der Waals surface area contributed by atoms with Crippen molar-refractivity contribution in [2.75, 3.05) is 11.9 Å². The molecule has 1 heterocycles. The third kappa shape index (κ3) is 1.80. The van der Waals surface area contributed by atoms with E-state index in [1.807, 2.05) is 42.5 Å². The van der Waals surface area contributed by atoms with Gasteiger partial charge in [-0.1, -0.05) is 48.5 Å². The van der Waals surface area contributed by atoms with E-state index in [2.05, 4.69) is 11.4 Å². The summed E-state index contributed by atoms with van der Waals surface area (Å²) in [5.41, 5.74) is 3.69. The minimum absolute atomic E-state index is 0.717. The Morgan fingerprint density at radius 2 is 1.82 bits per heavy atom. The highest BCUT2D eigenvalue weighted by molar-refractivity contribution is 5.63. The predicted octanol–water partition coefficient (Wildman–Crippen LogP) is 3.71. The minimum Gasteiger partial charge on any atom is -0.384 e. The number of benzene rings is 2. The number of fused-ring (bicyclic) bond motifs is 1. The van der Waals surface area contributed by atoms with E-state index in [0.29, 0.717) is 0 Å². The van der Waals surface area contributed by atoms with E-state index in [1.165, 1.54) is 5.56 Å². The van der Waals surface area contributed by atoms with Crippen molar-refractivity contribution in [3.63, 3.8) is 0 Å². The second-order valence-electron chi connectivity index (χ2n) is 4.33. The summed E-state index contributed by atoms with van der Waals surface area (Å²) in [5.74, 6) is 0. The van der Waals surface area contributed by atoms with Gasteiger partial charge in [-0.3, -0.25) is 0 Å². The molecule has 0 bridgehead atoms. The summed E-state index contributed by atoms with van der Waals surface area (Å²) in [5, 5.41) is 3.28. The molecule has 1 aliphatic heterocycles. The van der Waals surface area contributed by atoms with Crippen LogP contribution in [0.2, 0.25) is 0 Å². The normalized spacial score (nSPS) is 15.1. The number of hydrogen-bond acceptors (Lipinski definition) is 1. The summed E-state index contributed by atoms with van der Waals surface area (Å²) >= 11 is 0. The summed E-state index contributed by atoms with van der Waals surface area (Å²) in [6.45, 7) is 0.911. The van der Waals surface area contributed by atoms with Gasteiger partial charge in [-0.25, -0.2) is 4.39 Å². The van der Waals surface area contributed by atoms with Crippen LogP contribution in [-0.2, 0) is 6.42 Å². The number of rotatable bonds is 2. The molecule has 0 saturated carbocycles. The van der Waals surface area contributed by atoms with Crippen LogP contribution in [0.25, 0.3) is 0 Å². The average molecular weight is 227 g/mol. The van der Waals surface area contributed by atoms with Crippen molar-refractivity contribution < 1.29 is 4.39 Å². The molecule has 0 amide bonds. The van der Waals surface area contributed by atoms with Crippen LogP contribution >= 0.6 is 0 Å². The van der Waals surface area contributed by atoms with E-state index in [4.69, 9.17) is 0 Å². The Morgan fingerprint density at radius 1 is 1.00 bits per heavy atom. The van der Waals surface area contributed by atoms with Crippen molar-refractivity contribution in [1.82, 2.24) is 0 Å². The van der Waals surface area contributed by atoms with Crippen molar-refractivity contribution in [2.24, 2.45) is 0 Å². The van der Waals surface area contributed by atoms with E-state index in [9.17, 15) is 4.39 Å². The molecule has 3 rings (SSSR count). The maximum atomic E-state index is 14.5. The Bertz CT molecular complexity index is 522. The number of para-hydroxylation sites is 1. The van der Waals surface area contributed by atoms with Crippen LogP contribution in [0.1, 0.15) is 22.9 Å². The van der Waals surface area contributed by atoms with E-state index < -0.39 is 6.17 Å². The number of alkyl halides is 1. The molecule has 1 aliphatic rings. The first kappa shape index (κ1) is 10.3. The fraction of sp³-hybridized carbons (Fsp3) is 0.200. The lowest BCUT2D eigenvalue weighted by Crippen LogP contribution is -2.00. The Morgan fingerprint density at radius 3 is 2.65 bits per heavy atom. The number of anilines is 1. The quantitative estimate of drug-likeness (QED) is 0.824. The molecule has 0 radical (unpaired) electrons. The monoisotopic (exact) mass is 227 g/mol. The van der Waals surface area contributed by atoms with Gasteiger partial charge in [0.05, 0.1) is 0 Å². The lowest BCUT2D eigenvalue weighted by Gasteiger charge is -2.13. The first-order valence-corrected chi connectivity index (χ1v) is 5.91. The maximum absolute atomic E-state index is 14.5. The molecule has 2 aromatic carbocycles. The number of nitrogens with one attached hydrogen (secondary N) is 1. The van der Waals surface area contributed by atoms with Gasteiger partial charge in [-0.05, 0) is 17.5 Å². The third-order valence-corrected chi connectivity index (χ3v) is 3.24. The van der Waals surface area contributed by atoms with Crippen molar-refractivity contribution >= 4 is 5.69 Å². The second kappa shape index (κ2) is 4.21. The number of hydrogen-bond donors (Lipinski definition) is 1. The van der Waals surface area contributed by atoms with Gasteiger partial charge >= 0.3 is 0 Å². The first-order chi connectivity index (χ1) is 8.36. The molecule has 1 N–H and O–H groups in total. The summed E-state index contributed by atoms with van der Waals surface area (Å²) in [7, 11) is 0. The zero-order valence-electron chi connectivity index (χ0n) is 9.49. The van der Waals surface area contributed by atoms with Gasteiger partial charge < -0.3 is 5.32 Å². The van der Waals surface area contributed by atoms with Gasteiger partial charge in [-0.2, -0.15) is 0 Å². The van der Waals surface area contributed by atoms with Crippen LogP contribution in [0.15, 0.2) is 48.5 Å². The van der Waals surface area contributed by atoms with Crippen LogP contribution in [0.3, 0.4) is 0 Å². The van der Waals surface area contributed by atoms with E-state index >= 15 is 0 Å². The van der Waals surface area contributed by atoms with Crippen LogP contribution in [-0.4, -0.2) is 6.54 Å². The molecule has 0 saturated heterocycles. The highest BCUT2D eigenvalue weighted by atomic mass is 19.1. The Balaban J connectivity index is 2.03. The Kier molecular flexibility index (Phi) is 2.56. The first-order valence-electron chi connectivity index (χ1n) is 5.91. The summed E-state index contributed by atoms with van der Waals surface area (Å²) < 4.78 is 14.5. The molecule has 2 aromatic rings. The van der Waals surface area contributed by atoms with E-state index in [-0.39, 0.29) is 0 Å². The molecule has 1 nitrogen and oxygen atoms in total. The molecule has 17 heavy (non-hydrogen) atoms. The summed E-state index contributed by atoms with van der Waals surface area (Å²) in [6, 6.07) is 15.2. The molecular weight excluding hydrogens is 213 g/mol. The lowest BCUT2D eigenvalue weighted by atomic mass is 9.99. The smallest absolute Gasteiger partial charge is 0.152 e. The minimum atomic E-state index is -1.04. The van der Waals surface area contributed by atoms with E-state index in [1.54, 1.807) is 0 Å². The predicted molar refractivity (Wildman–Crippen MR) is 68.0 cm³/mol. The maximum Gasteiger partial charge on any atom is 0.152 e. The fourth-order valence-electron chi connectivity index (χ4n) is 2.38. The van der Waals surface area contributed by atoms with Gasteiger partial charge in [0.15, 0.2) is 6.17 Å². The molecule has 1 atom stereocenters. The number of halogens is 1. The summed E-state index contributed by atoms with van der Waals surface area (Å²) in [4.78, 5) is 0. The Labute approximate surface area is 100 Å². The van der Waals surface area contributed by atoms with Gasteiger partial charge in [0.25, 0.3) is 0 Å². The molecular formula is C15H14FN. The standard InChI is InChI=1S/C15H14FN/c16-14(11-5-2-1-3-6-11)13-8-4-7-12-9-10-17-15(12)13/h1-8,14,17H,9-10H2.